The Morgan fingerprint density at radius 2 is 2.05 bits per heavy atom. The van der Waals surface area contributed by atoms with Crippen LogP contribution in [0.15, 0.2) is 29.2 Å². The molecule has 19 heavy (non-hydrogen) atoms. The number of hydrogen-bond donors (Lipinski definition) is 0. The molecule has 0 aromatic heterocycles. The van der Waals surface area contributed by atoms with Crippen molar-refractivity contribution in [3.05, 3.63) is 24.3 Å². The lowest BCUT2D eigenvalue weighted by atomic mass is 10.3. The summed E-state index contributed by atoms with van der Waals surface area (Å²) in [4.78, 5) is 4.59. The van der Waals surface area contributed by atoms with Crippen molar-refractivity contribution in [1.29, 1.82) is 0 Å². The molecule has 1 aromatic rings. The smallest absolute Gasteiger partial charge is 0.406 e. The van der Waals surface area contributed by atoms with Gasteiger partial charge in [0.15, 0.2) is 0 Å². The summed E-state index contributed by atoms with van der Waals surface area (Å²) in [5, 5.41) is 0. The van der Waals surface area contributed by atoms with E-state index in [0.717, 1.165) is 16.6 Å². The quantitative estimate of drug-likeness (QED) is 0.855. The standard InChI is InChI=1S/C10H10F3NO4S/c11-10(12,13)18-8-3-1-4-9(7-8)19(15,16)14-5-2-6-17-14/h1,3-4,7H,2,5-6H2. The van der Waals surface area contributed by atoms with Crippen molar-refractivity contribution in [3.8, 4) is 5.75 Å². The number of ether oxygens (including phenoxy) is 1. The summed E-state index contributed by atoms with van der Waals surface area (Å²) in [5.74, 6) is -0.590. The van der Waals surface area contributed by atoms with Crippen LogP contribution in [0.4, 0.5) is 13.2 Å². The van der Waals surface area contributed by atoms with Crippen LogP contribution in [-0.4, -0.2) is 32.4 Å². The van der Waals surface area contributed by atoms with E-state index < -0.39 is 22.1 Å². The van der Waals surface area contributed by atoms with E-state index in [1.165, 1.54) is 12.1 Å². The molecule has 2 rings (SSSR count). The molecule has 0 atom stereocenters. The van der Waals surface area contributed by atoms with E-state index in [9.17, 15) is 21.6 Å². The molecule has 106 valence electrons. The Balaban J connectivity index is 2.27. The van der Waals surface area contributed by atoms with Crippen LogP contribution in [0.25, 0.3) is 0 Å². The van der Waals surface area contributed by atoms with Crippen molar-refractivity contribution in [2.75, 3.05) is 13.2 Å². The Morgan fingerprint density at radius 1 is 1.32 bits per heavy atom. The van der Waals surface area contributed by atoms with Crippen LogP contribution in [0, 0.1) is 0 Å². The number of rotatable bonds is 3. The molecular weight excluding hydrogens is 287 g/mol. The van der Waals surface area contributed by atoms with Crippen LogP contribution >= 0.6 is 0 Å². The molecule has 5 nitrogen and oxygen atoms in total. The molecule has 0 aliphatic carbocycles. The van der Waals surface area contributed by atoms with Crippen LogP contribution in [0.1, 0.15) is 6.42 Å². The van der Waals surface area contributed by atoms with E-state index in [-0.39, 0.29) is 18.0 Å². The molecule has 0 radical (unpaired) electrons. The third-order valence-electron chi connectivity index (χ3n) is 2.33. The van der Waals surface area contributed by atoms with Gasteiger partial charge < -0.3 is 4.74 Å². The molecule has 1 aliphatic rings. The first-order chi connectivity index (χ1) is 8.79. The third-order valence-corrected chi connectivity index (χ3v) is 4.00. The summed E-state index contributed by atoms with van der Waals surface area (Å²) in [5.41, 5.74) is 0. The minimum Gasteiger partial charge on any atom is -0.406 e. The number of hydrogen-bond acceptors (Lipinski definition) is 4. The predicted octanol–water partition coefficient (Wildman–Crippen LogP) is 1.91. The largest absolute Gasteiger partial charge is 0.573 e. The molecule has 0 saturated carbocycles. The van der Waals surface area contributed by atoms with Gasteiger partial charge in [-0.3, -0.25) is 4.84 Å². The van der Waals surface area contributed by atoms with Crippen LogP contribution < -0.4 is 4.74 Å². The molecule has 1 aliphatic heterocycles. The average Bonchev–Trinajstić information content (AvgIpc) is 2.80. The predicted molar refractivity (Wildman–Crippen MR) is 57.6 cm³/mol. The molecule has 0 N–H and O–H groups in total. The molecule has 0 amide bonds. The van der Waals surface area contributed by atoms with Crippen LogP contribution in [0.5, 0.6) is 5.75 Å². The SMILES string of the molecule is O=S(=O)(c1cccc(OC(F)(F)F)c1)N1CCCO1. The fourth-order valence-electron chi connectivity index (χ4n) is 1.56. The van der Waals surface area contributed by atoms with Crippen molar-refractivity contribution < 1.29 is 31.2 Å². The van der Waals surface area contributed by atoms with Gasteiger partial charge in [-0.1, -0.05) is 10.5 Å². The van der Waals surface area contributed by atoms with E-state index >= 15 is 0 Å². The van der Waals surface area contributed by atoms with Gasteiger partial charge in [0.2, 0.25) is 0 Å². The second kappa shape index (κ2) is 4.99. The van der Waals surface area contributed by atoms with Gasteiger partial charge in [0.05, 0.1) is 11.5 Å². The zero-order valence-corrected chi connectivity index (χ0v) is 10.4. The Kier molecular flexibility index (Phi) is 3.70. The van der Waals surface area contributed by atoms with E-state index in [4.69, 9.17) is 4.84 Å². The van der Waals surface area contributed by atoms with Gasteiger partial charge in [0, 0.05) is 12.6 Å². The maximum absolute atomic E-state index is 12.1. The lowest BCUT2D eigenvalue weighted by Gasteiger charge is -2.15. The highest BCUT2D eigenvalue weighted by atomic mass is 32.2. The fraction of sp³-hybridized carbons (Fsp3) is 0.400. The first-order valence-corrected chi connectivity index (χ1v) is 6.74. The van der Waals surface area contributed by atoms with Crippen LogP contribution in [0.3, 0.4) is 0 Å². The Hall–Kier alpha value is -1.32. The van der Waals surface area contributed by atoms with E-state index in [1.54, 1.807) is 0 Å². The highest BCUT2D eigenvalue weighted by molar-refractivity contribution is 7.89. The number of sulfonamides is 1. The third kappa shape index (κ3) is 3.37. The number of halogens is 3. The average molecular weight is 297 g/mol. The highest BCUT2D eigenvalue weighted by Gasteiger charge is 2.33. The summed E-state index contributed by atoms with van der Waals surface area (Å²) in [7, 11) is -3.95. The zero-order chi connectivity index (χ0) is 14.1. The lowest BCUT2D eigenvalue weighted by molar-refractivity contribution is -0.274. The topological polar surface area (TPSA) is 55.8 Å². The number of benzene rings is 1. The van der Waals surface area contributed by atoms with Gasteiger partial charge in [-0.05, 0) is 18.6 Å². The number of nitrogens with zero attached hydrogens (tertiary/aromatic N) is 1. The maximum Gasteiger partial charge on any atom is 0.573 e. The summed E-state index contributed by atoms with van der Waals surface area (Å²) in [6.45, 7) is 0.435. The molecule has 0 unspecified atom stereocenters. The van der Waals surface area contributed by atoms with Crippen molar-refractivity contribution in [3.63, 3.8) is 0 Å². The summed E-state index contributed by atoms with van der Waals surface area (Å²) < 4.78 is 64.7. The molecule has 9 heteroatoms. The maximum atomic E-state index is 12.1. The Bertz CT molecular complexity index is 552. The van der Waals surface area contributed by atoms with Gasteiger partial charge in [0.1, 0.15) is 5.75 Å². The highest BCUT2D eigenvalue weighted by Crippen LogP contribution is 2.27. The van der Waals surface area contributed by atoms with E-state index in [1.807, 2.05) is 0 Å². The lowest BCUT2D eigenvalue weighted by Crippen LogP contribution is -2.27. The zero-order valence-electron chi connectivity index (χ0n) is 9.55. The fourth-order valence-corrected chi connectivity index (χ4v) is 2.90. The number of hydroxylamine groups is 1. The molecule has 0 bridgehead atoms. The van der Waals surface area contributed by atoms with E-state index in [2.05, 4.69) is 4.74 Å². The van der Waals surface area contributed by atoms with Crippen molar-refractivity contribution >= 4 is 10.0 Å². The summed E-state index contributed by atoms with van der Waals surface area (Å²) >= 11 is 0. The molecule has 1 saturated heterocycles. The van der Waals surface area contributed by atoms with Crippen LogP contribution in [0.2, 0.25) is 0 Å². The van der Waals surface area contributed by atoms with Crippen molar-refractivity contribution in [2.45, 2.75) is 17.7 Å². The van der Waals surface area contributed by atoms with Crippen molar-refractivity contribution in [2.24, 2.45) is 0 Å². The second-order valence-corrected chi connectivity index (χ2v) is 5.57. The molecule has 1 heterocycles. The molecular formula is C10H10F3NO4S. The van der Waals surface area contributed by atoms with Gasteiger partial charge >= 0.3 is 6.36 Å². The van der Waals surface area contributed by atoms with Crippen LogP contribution in [-0.2, 0) is 14.9 Å². The summed E-state index contributed by atoms with van der Waals surface area (Å²) in [6.07, 6.45) is -4.33. The monoisotopic (exact) mass is 297 g/mol. The Labute approximate surface area is 107 Å². The molecule has 1 fully saturated rings. The Morgan fingerprint density at radius 3 is 2.63 bits per heavy atom. The molecule has 1 aromatic carbocycles. The number of alkyl halides is 3. The van der Waals surface area contributed by atoms with Crippen molar-refractivity contribution in [1.82, 2.24) is 4.47 Å². The normalized spacial score (nSPS) is 17.6. The first kappa shape index (κ1) is 14.1. The van der Waals surface area contributed by atoms with Gasteiger partial charge in [-0.15, -0.1) is 13.2 Å². The molecule has 0 spiro atoms. The van der Waals surface area contributed by atoms with Gasteiger partial charge in [-0.2, -0.15) is 0 Å². The first-order valence-electron chi connectivity index (χ1n) is 5.30. The second-order valence-electron chi connectivity index (χ2n) is 3.74. The van der Waals surface area contributed by atoms with Gasteiger partial charge in [-0.25, -0.2) is 8.42 Å². The minimum atomic E-state index is -4.87. The minimum absolute atomic E-state index is 0.173. The van der Waals surface area contributed by atoms with E-state index in [0.29, 0.717) is 6.42 Å². The summed E-state index contributed by atoms with van der Waals surface area (Å²) in [6, 6.07) is 4.19. The van der Waals surface area contributed by atoms with Gasteiger partial charge in [0.25, 0.3) is 10.0 Å².